The van der Waals surface area contributed by atoms with Gasteiger partial charge in [0.1, 0.15) is 0 Å². The molecule has 0 aliphatic heterocycles. The van der Waals surface area contributed by atoms with Crippen LogP contribution in [-0.2, 0) is 9.53 Å². The van der Waals surface area contributed by atoms with Crippen LogP contribution >= 0.6 is 0 Å². The van der Waals surface area contributed by atoms with Crippen LogP contribution in [-0.4, -0.2) is 69.6 Å². The van der Waals surface area contributed by atoms with E-state index in [1.165, 1.54) is 13.8 Å². The molecule has 0 spiro atoms. The molecule has 11 heavy (non-hydrogen) atoms. The van der Waals surface area contributed by atoms with Crippen LogP contribution in [0.1, 0.15) is 13.8 Å². The second kappa shape index (κ2) is 5.53. The van der Waals surface area contributed by atoms with Gasteiger partial charge in [-0.15, -0.1) is 0 Å². The predicted molar refractivity (Wildman–Crippen MR) is 34.4 cm³/mol. The molecule has 0 heterocycles. The van der Waals surface area contributed by atoms with Gasteiger partial charge in [0.15, 0.2) is 0 Å². The minimum absolute atomic E-state index is 0. The van der Waals surface area contributed by atoms with E-state index in [1.54, 1.807) is 0 Å². The van der Waals surface area contributed by atoms with Gasteiger partial charge in [-0.3, -0.25) is 0 Å². The van der Waals surface area contributed by atoms with E-state index in [0.717, 1.165) is 0 Å². The molecule has 0 radical (unpaired) electrons. The third-order valence-electron chi connectivity index (χ3n) is 0.574. The van der Waals surface area contributed by atoms with Crippen LogP contribution in [0.15, 0.2) is 0 Å². The Hall–Kier alpha value is 0.896. The summed E-state index contributed by atoms with van der Waals surface area (Å²) in [4.78, 5) is 9.93. The summed E-state index contributed by atoms with van der Waals surface area (Å²) in [5.41, 5.74) is 0. The van der Waals surface area contributed by atoms with Crippen molar-refractivity contribution in [2.75, 3.05) is 0 Å². The summed E-state index contributed by atoms with van der Waals surface area (Å²) in [6, 6.07) is 0. The Morgan fingerprint density at radius 1 is 1.36 bits per heavy atom. The second-order valence-electron chi connectivity index (χ2n) is 1.95. The van der Waals surface area contributed by atoms with Crippen molar-refractivity contribution in [1.82, 2.24) is 0 Å². The number of rotatable bonds is 1. The first-order valence-electron chi connectivity index (χ1n) is 2.62. The molecule has 0 aromatic heterocycles. The quantitative estimate of drug-likeness (QED) is 0.459. The molecule has 0 aromatic rings. The maximum absolute atomic E-state index is 11.3. The third kappa shape index (κ3) is 7.26. The molecule has 0 saturated heterocycles. The second-order valence-corrected chi connectivity index (χ2v) is 1.95. The van der Waals surface area contributed by atoms with Crippen LogP contribution in [0.2, 0.25) is 0 Å². The molecule has 0 aliphatic rings. The molecule has 0 aliphatic carbocycles. The fourth-order valence-electron chi connectivity index (χ4n) is 0.281. The van der Waals surface area contributed by atoms with Crippen LogP contribution in [0.25, 0.3) is 0 Å². The molecular formula is C5H8F3KO2. The summed E-state index contributed by atoms with van der Waals surface area (Å²) in [6.45, 7) is 2.70. The van der Waals surface area contributed by atoms with E-state index in [4.69, 9.17) is 0 Å². The monoisotopic (exact) mass is 196 g/mol. The summed E-state index contributed by atoms with van der Waals surface area (Å²) in [7, 11) is 0. The minimum atomic E-state index is -4.87. The Labute approximate surface area is 105 Å². The molecule has 0 aromatic carbocycles. The zero-order valence-electron chi connectivity index (χ0n) is 5.53. The number of ether oxygens (including phenoxy) is 1. The molecular weight excluding hydrogens is 188 g/mol. The summed E-state index contributed by atoms with van der Waals surface area (Å²) >= 11 is 0. The van der Waals surface area contributed by atoms with Crippen LogP contribution in [0.4, 0.5) is 13.2 Å². The molecule has 0 fully saturated rings. The van der Waals surface area contributed by atoms with Gasteiger partial charge in [0, 0.05) is 0 Å². The van der Waals surface area contributed by atoms with E-state index >= 15 is 0 Å². The molecule has 6 heteroatoms. The molecule has 0 atom stereocenters. The Kier molecular flexibility index (Phi) is 7.25. The average molecular weight is 196 g/mol. The predicted octanol–water partition coefficient (Wildman–Crippen LogP) is 0.852. The van der Waals surface area contributed by atoms with Gasteiger partial charge in [0.25, 0.3) is 0 Å². The van der Waals surface area contributed by atoms with Gasteiger partial charge >= 0.3 is 63.5 Å². The summed E-state index contributed by atoms with van der Waals surface area (Å²) in [5, 5.41) is 0. The molecule has 2 nitrogen and oxygen atoms in total. The molecule has 0 saturated carbocycles. The number of carbonyl (C=O) groups excluding carboxylic acids is 1. The van der Waals surface area contributed by atoms with E-state index in [1.807, 2.05) is 0 Å². The first kappa shape index (κ1) is 14.4. The van der Waals surface area contributed by atoms with Gasteiger partial charge in [-0.1, -0.05) is 0 Å². The topological polar surface area (TPSA) is 26.3 Å². The van der Waals surface area contributed by atoms with Crippen molar-refractivity contribution in [2.45, 2.75) is 26.1 Å². The summed E-state index contributed by atoms with van der Waals surface area (Å²) < 4.78 is 37.9. The van der Waals surface area contributed by atoms with Gasteiger partial charge in [0.05, 0.1) is 6.10 Å². The first-order valence-corrected chi connectivity index (χ1v) is 2.62. The number of hydrogen-bond acceptors (Lipinski definition) is 2. The molecule has 0 unspecified atom stereocenters. The van der Waals surface area contributed by atoms with E-state index in [2.05, 4.69) is 4.74 Å². The van der Waals surface area contributed by atoms with E-state index in [9.17, 15) is 18.0 Å². The van der Waals surface area contributed by atoms with Gasteiger partial charge in [-0.05, 0) is 13.8 Å². The van der Waals surface area contributed by atoms with Crippen LogP contribution in [0, 0.1) is 0 Å². The Bertz CT molecular complexity index is 132. The first-order chi connectivity index (χ1) is 4.34. The third-order valence-corrected chi connectivity index (χ3v) is 0.574. The maximum atomic E-state index is 11.3. The zero-order valence-corrected chi connectivity index (χ0v) is 5.53. The SMILES string of the molecule is CC(C)OC(=O)C(F)(F)F.[KH]. The van der Waals surface area contributed by atoms with E-state index in [-0.39, 0.29) is 51.4 Å². The standard InChI is InChI=1S/C5H7F3O2.K.H/c1-3(2)10-4(9)5(6,7)8;;/h3H,1-2H3;;. The van der Waals surface area contributed by atoms with Gasteiger partial charge < -0.3 is 4.74 Å². The van der Waals surface area contributed by atoms with Crippen LogP contribution in [0.3, 0.4) is 0 Å². The zero-order chi connectivity index (χ0) is 8.36. The number of halogens is 3. The Morgan fingerprint density at radius 3 is 1.82 bits per heavy atom. The van der Waals surface area contributed by atoms with Crippen molar-refractivity contribution >= 4 is 57.4 Å². The molecule has 0 N–H and O–H groups in total. The van der Waals surface area contributed by atoms with Gasteiger partial charge in [-0.25, -0.2) is 4.79 Å². The number of carbonyl (C=O) groups is 1. The number of esters is 1. The van der Waals surface area contributed by atoms with E-state index in [0.29, 0.717) is 0 Å². The van der Waals surface area contributed by atoms with Crippen molar-refractivity contribution < 1.29 is 22.7 Å². The normalized spacial score (nSPS) is 10.7. The van der Waals surface area contributed by atoms with E-state index < -0.39 is 18.2 Å². The van der Waals surface area contributed by atoms with Crippen LogP contribution < -0.4 is 0 Å². The van der Waals surface area contributed by atoms with Gasteiger partial charge in [0.2, 0.25) is 0 Å². The number of alkyl halides is 3. The fraction of sp³-hybridized carbons (Fsp3) is 0.800. The van der Waals surface area contributed by atoms with Crippen molar-refractivity contribution in [3.63, 3.8) is 0 Å². The fourth-order valence-corrected chi connectivity index (χ4v) is 0.281. The summed E-state index contributed by atoms with van der Waals surface area (Å²) in [5.74, 6) is -2.14. The Morgan fingerprint density at radius 2 is 1.73 bits per heavy atom. The molecule has 0 rings (SSSR count). The van der Waals surface area contributed by atoms with Crippen molar-refractivity contribution in [2.24, 2.45) is 0 Å². The molecule has 0 amide bonds. The van der Waals surface area contributed by atoms with Crippen LogP contribution in [0.5, 0.6) is 0 Å². The van der Waals surface area contributed by atoms with Crippen molar-refractivity contribution in [3.05, 3.63) is 0 Å². The average Bonchev–Trinajstić information content (AvgIpc) is 1.60. The molecule has 0 bridgehead atoms. The number of hydrogen-bond donors (Lipinski definition) is 0. The Balaban J connectivity index is 0. The van der Waals surface area contributed by atoms with Crippen molar-refractivity contribution in [1.29, 1.82) is 0 Å². The molecule has 62 valence electrons. The van der Waals surface area contributed by atoms with Crippen molar-refractivity contribution in [3.8, 4) is 0 Å². The summed E-state index contributed by atoms with van der Waals surface area (Å²) in [6.07, 6.45) is -5.60. The van der Waals surface area contributed by atoms with Gasteiger partial charge in [-0.2, -0.15) is 13.2 Å².